The lowest BCUT2D eigenvalue weighted by molar-refractivity contribution is -0.158. The second-order valence-corrected chi connectivity index (χ2v) is 9.24. The van der Waals surface area contributed by atoms with Crippen molar-refractivity contribution in [3.8, 4) is 5.75 Å². The summed E-state index contributed by atoms with van der Waals surface area (Å²) in [5.41, 5.74) is -0.983. The molecule has 0 bridgehead atoms. The Kier molecular flexibility index (Phi) is 5.70. The van der Waals surface area contributed by atoms with Crippen molar-refractivity contribution in [1.82, 2.24) is 0 Å². The molecule has 30 heavy (non-hydrogen) atoms. The summed E-state index contributed by atoms with van der Waals surface area (Å²) in [6.45, 7) is 4.97. The third kappa shape index (κ3) is 3.82. The fourth-order valence-corrected chi connectivity index (χ4v) is 4.70. The summed E-state index contributed by atoms with van der Waals surface area (Å²) in [6.07, 6.45) is 0. The zero-order chi connectivity index (χ0) is 22.3. The van der Waals surface area contributed by atoms with Crippen LogP contribution in [0.2, 0.25) is 5.02 Å². The van der Waals surface area contributed by atoms with E-state index in [1.807, 2.05) is 0 Å². The molecular formula is C20H21ClN2O6S. The monoisotopic (exact) mass is 452 g/mol. The molecule has 0 fully saturated rings. The fraction of sp³-hybridized carbons (Fsp3) is 0.300. The Balaban J connectivity index is 2.02. The van der Waals surface area contributed by atoms with Crippen molar-refractivity contribution >= 4 is 45.0 Å². The number of hydrogen-bond acceptors (Lipinski definition) is 6. The van der Waals surface area contributed by atoms with Crippen molar-refractivity contribution in [2.45, 2.75) is 31.3 Å². The zero-order valence-corrected chi connectivity index (χ0v) is 18.5. The third-order valence-corrected chi connectivity index (χ3v) is 6.47. The summed E-state index contributed by atoms with van der Waals surface area (Å²) in [6, 6.07) is 9.34. The van der Waals surface area contributed by atoms with Gasteiger partial charge in [-0.25, -0.2) is 18.0 Å². The van der Waals surface area contributed by atoms with Crippen molar-refractivity contribution in [3.63, 3.8) is 0 Å². The van der Waals surface area contributed by atoms with Crippen LogP contribution in [-0.4, -0.2) is 39.7 Å². The number of nitrogens with zero attached hydrogens (tertiary/aromatic N) is 2. The van der Waals surface area contributed by atoms with Crippen molar-refractivity contribution in [2.75, 3.05) is 22.9 Å². The van der Waals surface area contributed by atoms with Crippen LogP contribution in [0.15, 0.2) is 47.4 Å². The SMILES string of the molecule is CCOC(=O)C(C)(C)Oc1ccc2c(c1)N(C)C(=O)N(c1ccc(Cl)cc1)S2(=O)=O. The molecule has 0 spiro atoms. The van der Waals surface area contributed by atoms with E-state index in [1.54, 1.807) is 20.8 Å². The van der Waals surface area contributed by atoms with Crippen LogP contribution < -0.4 is 13.9 Å². The van der Waals surface area contributed by atoms with Gasteiger partial charge in [0.15, 0.2) is 5.60 Å². The second-order valence-electron chi connectivity index (χ2n) is 7.05. The molecule has 2 amide bonds. The first-order valence-electron chi connectivity index (χ1n) is 9.08. The first kappa shape index (κ1) is 21.9. The molecule has 1 aliphatic rings. The van der Waals surface area contributed by atoms with E-state index in [2.05, 4.69) is 0 Å². The van der Waals surface area contributed by atoms with Gasteiger partial charge < -0.3 is 9.47 Å². The van der Waals surface area contributed by atoms with E-state index in [1.165, 1.54) is 54.4 Å². The molecule has 1 heterocycles. The molecule has 160 valence electrons. The predicted molar refractivity (Wildman–Crippen MR) is 113 cm³/mol. The molecule has 2 aromatic rings. The number of ether oxygens (including phenoxy) is 2. The minimum atomic E-state index is -4.16. The van der Waals surface area contributed by atoms with Gasteiger partial charge in [0.2, 0.25) is 0 Å². The molecule has 0 atom stereocenters. The Morgan fingerprint density at radius 2 is 1.77 bits per heavy atom. The van der Waals surface area contributed by atoms with Crippen LogP contribution in [0.1, 0.15) is 20.8 Å². The maximum absolute atomic E-state index is 13.2. The van der Waals surface area contributed by atoms with Crippen molar-refractivity contribution in [1.29, 1.82) is 0 Å². The van der Waals surface area contributed by atoms with Gasteiger partial charge in [0.1, 0.15) is 10.6 Å². The standard InChI is InChI=1S/C20H21ClN2O6S/c1-5-28-18(24)20(2,3)29-15-10-11-17-16(12-15)22(4)19(25)23(30(17,26)27)14-8-6-13(21)7-9-14/h6-12H,5H2,1-4H3. The Morgan fingerprint density at radius 3 is 2.37 bits per heavy atom. The summed E-state index contributed by atoms with van der Waals surface area (Å²) in [7, 11) is -2.71. The third-order valence-electron chi connectivity index (χ3n) is 4.47. The molecule has 0 N–H and O–H groups in total. The number of carbonyl (C=O) groups excluding carboxylic acids is 2. The van der Waals surface area contributed by atoms with Crippen LogP contribution in [0.5, 0.6) is 5.75 Å². The fourth-order valence-electron chi connectivity index (χ4n) is 2.95. The molecule has 0 unspecified atom stereocenters. The van der Waals surface area contributed by atoms with Gasteiger partial charge in [-0.1, -0.05) is 11.6 Å². The molecule has 0 saturated carbocycles. The van der Waals surface area contributed by atoms with Crippen molar-refractivity contribution in [2.24, 2.45) is 0 Å². The Labute approximate surface area is 180 Å². The first-order chi connectivity index (χ1) is 14.0. The maximum atomic E-state index is 13.2. The van der Waals surface area contributed by atoms with E-state index in [9.17, 15) is 18.0 Å². The highest BCUT2D eigenvalue weighted by Gasteiger charge is 2.42. The van der Waals surface area contributed by atoms with Crippen LogP contribution in [0.3, 0.4) is 0 Å². The van der Waals surface area contributed by atoms with Crippen LogP contribution in [0, 0.1) is 0 Å². The average molecular weight is 453 g/mol. The number of benzene rings is 2. The molecule has 0 aromatic heterocycles. The highest BCUT2D eigenvalue weighted by molar-refractivity contribution is 7.94. The normalized spacial score (nSPS) is 15.6. The molecule has 8 nitrogen and oxygen atoms in total. The predicted octanol–water partition coefficient (Wildman–Crippen LogP) is 3.83. The molecule has 10 heteroatoms. The summed E-state index contributed by atoms with van der Waals surface area (Å²) in [5, 5.41) is 0.417. The number of anilines is 2. The topological polar surface area (TPSA) is 93.2 Å². The van der Waals surface area contributed by atoms with E-state index in [0.717, 1.165) is 4.31 Å². The summed E-state index contributed by atoms with van der Waals surface area (Å²) in [5.74, 6) is -0.338. The van der Waals surface area contributed by atoms with Crippen LogP contribution in [0.25, 0.3) is 0 Å². The quantitative estimate of drug-likeness (QED) is 0.640. The summed E-state index contributed by atoms with van der Waals surface area (Å²) in [4.78, 5) is 26.1. The van der Waals surface area contributed by atoms with Gasteiger partial charge in [-0.15, -0.1) is 0 Å². The van der Waals surface area contributed by atoms with Gasteiger partial charge in [0.25, 0.3) is 10.0 Å². The second kappa shape index (κ2) is 7.81. The maximum Gasteiger partial charge on any atom is 0.349 e. The van der Waals surface area contributed by atoms with E-state index < -0.39 is 27.6 Å². The molecule has 3 rings (SSSR count). The molecule has 1 aliphatic heterocycles. The van der Waals surface area contributed by atoms with E-state index in [-0.39, 0.29) is 28.6 Å². The van der Waals surface area contributed by atoms with Crippen molar-refractivity contribution in [3.05, 3.63) is 47.5 Å². The molecule has 0 radical (unpaired) electrons. The lowest BCUT2D eigenvalue weighted by Crippen LogP contribution is -2.49. The summed E-state index contributed by atoms with van der Waals surface area (Å²) < 4.78 is 37.8. The number of hydrogen-bond donors (Lipinski definition) is 0. The first-order valence-corrected chi connectivity index (χ1v) is 10.9. The average Bonchev–Trinajstić information content (AvgIpc) is 2.67. The molecule has 0 saturated heterocycles. The number of urea groups is 1. The van der Waals surface area contributed by atoms with E-state index in [0.29, 0.717) is 5.02 Å². The Bertz CT molecular complexity index is 1100. The van der Waals surface area contributed by atoms with Gasteiger partial charge in [0, 0.05) is 18.1 Å². The smallest absolute Gasteiger partial charge is 0.349 e. The van der Waals surface area contributed by atoms with Crippen molar-refractivity contribution < 1.29 is 27.5 Å². The molecule has 2 aromatic carbocycles. The minimum Gasteiger partial charge on any atom is -0.476 e. The number of carbonyl (C=O) groups is 2. The van der Waals surface area contributed by atoms with E-state index >= 15 is 0 Å². The van der Waals surface area contributed by atoms with Crippen LogP contribution in [0.4, 0.5) is 16.2 Å². The summed E-state index contributed by atoms with van der Waals surface area (Å²) >= 11 is 5.87. The van der Waals surface area contributed by atoms with Gasteiger partial charge in [-0.2, -0.15) is 4.31 Å². The Morgan fingerprint density at radius 1 is 1.13 bits per heavy atom. The zero-order valence-electron chi connectivity index (χ0n) is 16.9. The van der Waals surface area contributed by atoms with Crippen LogP contribution >= 0.6 is 11.6 Å². The van der Waals surface area contributed by atoms with Crippen LogP contribution in [-0.2, 0) is 19.6 Å². The largest absolute Gasteiger partial charge is 0.476 e. The highest BCUT2D eigenvalue weighted by atomic mass is 35.5. The lowest BCUT2D eigenvalue weighted by Gasteiger charge is -2.34. The minimum absolute atomic E-state index is 0.0687. The number of halogens is 1. The van der Waals surface area contributed by atoms with Gasteiger partial charge in [0.05, 0.1) is 18.0 Å². The highest BCUT2D eigenvalue weighted by Crippen LogP contribution is 2.39. The van der Waals surface area contributed by atoms with E-state index in [4.69, 9.17) is 21.1 Å². The van der Waals surface area contributed by atoms with Gasteiger partial charge in [-0.05, 0) is 57.2 Å². The number of sulfonamides is 1. The number of esters is 1. The number of amides is 2. The Hall–Kier alpha value is -2.78. The number of fused-ring (bicyclic) bond motifs is 1. The van der Waals surface area contributed by atoms with Gasteiger partial charge >= 0.3 is 12.0 Å². The van der Waals surface area contributed by atoms with Gasteiger partial charge in [-0.3, -0.25) is 4.90 Å². The molecule has 0 aliphatic carbocycles. The lowest BCUT2D eigenvalue weighted by atomic mass is 10.1. The number of rotatable bonds is 5. The molecular weight excluding hydrogens is 432 g/mol.